The first-order valence-corrected chi connectivity index (χ1v) is 11.8. The van der Waals surface area contributed by atoms with E-state index < -0.39 is 43.1 Å². The number of aromatic amines is 1. The largest absolute Gasteiger partial charge is 0.522 e. The van der Waals surface area contributed by atoms with Crippen molar-refractivity contribution in [1.29, 1.82) is 0 Å². The third-order valence-electron chi connectivity index (χ3n) is 7.28. The van der Waals surface area contributed by atoms with E-state index in [1.165, 1.54) is 0 Å². The normalized spacial score (nSPS) is 28.6. The number of alkyl carbamates (subject to hydrolysis) is 1. The third-order valence-corrected chi connectivity index (χ3v) is 7.28. The number of imidazole rings is 1. The van der Waals surface area contributed by atoms with E-state index in [-0.39, 0.29) is 28.6 Å². The fourth-order valence-corrected chi connectivity index (χ4v) is 5.41. The second kappa shape index (κ2) is 8.53. The lowest BCUT2D eigenvalue weighted by Gasteiger charge is -2.61. The van der Waals surface area contributed by atoms with Crippen molar-refractivity contribution in [1.82, 2.24) is 29.9 Å². The van der Waals surface area contributed by atoms with Crippen LogP contribution in [0.5, 0.6) is 0 Å². The molecule has 0 radical (unpaired) electrons. The number of rotatable bonds is 7. The lowest BCUT2D eigenvalue weighted by atomic mass is 9.50. The SMILES string of the molecule is O=C(NC12CC(C1)C2)O[C@@H]1CC[C@H](c2cc(Nc3ncc(F)c4nc(COC(F)(F)F)cn34)n[nH]2)[C@H]1F. The zero-order valence-corrected chi connectivity index (χ0v) is 19.2. The summed E-state index contributed by atoms with van der Waals surface area (Å²) in [6.07, 6.45) is -2.11. The predicted molar refractivity (Wildman–Crippen MR) is 116 cm³/mol. The number of anilines is 2. The topological polar surface area (TPSA) is 118 Å². The molecule has 4 saturated carbocycles. The van der Waals surface area contributed by atoms with Gasteiger partial charge in [-0.3, -0.25) is 14.2 Å². The van der Waals surface area contributed by atoms with E-state index in [0.717, 1.165) is 36.1 Å². The number of alkyl halides is 4. The van der Waals surface area contributed by atoms with E-state index >= 15 is 4.39 Å². The molecule has 2 bridgehead atoms. The molecular weight excluding hydrogens is 505 g/mol. The van der Waals surface area contributed by atoms with Gasteiger partial charge < -0.3 is 15.4 Å². The molecule has 3 atom stereocenters. The van der Waals surface area contributed by atoms with Gasteiger partial charge in [-0.1, -0.05) is 0 Å². The molecule has 7 rings (SSSR count). The number of amides is 1. The highest BCUT2D eigenvalue weighted by Gasteiger charge is 2.58. The number of halogens is 5. The minimum absolute atomic E-state index is 0.0231. The number of carbonyl (C=O) groups is 1. The highest BCUT2D eigenvalue weighted by Crippen LogP contribution is 2.57. The van der Waals surface area contributed by atoms with Crippen molar-refractivity contribution in [3.63, 3.8) is 0 Å². The lowest BCUT2D eigenvalue weighted by Crippen LogP contribution is -2.68. The second-order valence-corrected chi connectivity index (χ2v) is 9.88. The van der Waals surface area contributed by atoms with E-state index in [4.69, 9.17) is 4.74 Å². The average Bonchev–Trinajstić information content (AvgIpc) is 3.50. The standard InChI is InChI=1S/C22H22F5N7O3/c23-13-7-28-19(34-8-11(29-18(13)34)9-36-22(25,26)27)30-16-3-14(32-33-16)12-1-2-15(17(12)24)37-20(35)31-21-4-10(5-21)6-21/h3,7-8,10,12,15,17H,1-2,4-6,9H2,(H,31,35)(H2,28,30,32,33)/t10?,12-,15-,17-,21?/m1/s1. The van der Waals surface area contributed by atoms with Crippen molar-refractivity contribution >= 4 is 23.5 Å². The third kappa shape index (κ3) is 4.55. The molecule has 198 valence electrons. The van der Waals surface area contributed by atoms with Crippen LogP contribution in [0.1, 0.15) is 49.4 Å². The van der Waals surface area contributed by atoms with Gasteiger partial charge >= 0.3 is 12.5 Å². The first kappa shape index (κ1) is 23.9. The summed E-state index contributed by atoms with van der Waals surface area (Å²) in [5.74, 6) is -0.503. The van der Waals surface area contributed by atoms with Gasteiger partial charge in [-0.05, 0) is 38.0 Å². The molecule has 0 spiro atoms. The summed E-state index contributed by atoms with van der Waals surface area (Å²) in [5.41, 5.74) is -0.114. The molecular formula is C22H22F5N7O3. The molecule has 0 saturated heterocycles. The summed E-state index contributed by atoms with van der Waals surface area (Å²) < 4.78 is 76.6. The monoisotopic (exact) mass is 527 g/mol. The number of aromatic nitrogens is 5. The molecule has 3 aromatic rings. The number of H-pyrrole nitrogens is 1. The van der Waals surface area contributed by atoms with Gasteiger partial charge in [0.2, 0.25) is 5.95 Å². The van der Waals surface area contributed by atoms with E-state index in [1.807, 2.05) is 0 Å². The van der Waals surface area contributed by atoms with E-state index in [2.05, 4.69) is 35.5 Å². The number of nitrogens with one attached hydrogen (secondary N) is 3. The Hall–Kier alpha value is -3.49. The summed E-state index contributed by atoms with van der Waals surface area (Å²) in [6.45, 7) is -0.904. The second-order valence-electron chi connectivity index (χ2n) is 9.88. The average molecular weight is 527 g/mol. The summed E-state index contributed by atoms with van der Waals surface area (Å²) in [4.78, 5) is 20.0. The van der Waals surface area contributed by atoms with Crippen molar-refractivity contribution < 1.29 is 36.2 Å². The van der Waals surface area contributed by atoms with E-state index in [0.29, 0.717) is 24.5 Å². The van der Waals surface area contributed by atoms with Crippen molar-refractivity contribution in [2.75, 3.05) is 5.32 Å². The Balaban J connectivity index is 1.11. The van der Waals surface area contributed by atoms with Crippen LogP contribution in [0.15, 0.2) is 18.5 Å². The maximum Gasteiger partial charge on any atom is 0.522 e. The van der Waals surface area contributed by atoms with Gasteiger partial charge in [0, 0.05) is 29.4 Å². The minimum atomic E-state index is -4.86. The van der Waals surface area contributed by atoms with Gasteiger partial charge in [-0.2, -0.15) is 5.10 Å². The molecule has 3 N–H and O–H groups in total. The van der Waals surface area contributed by atoms with Crippen molar-refractivity contribution in [3.8, 4) is 0 Å². The van der Waals surface area contributed by atoms with E-state index in [1.54, 1.807) is 6.07 Å². The Morgan fingerprint density at radius 3 is 2.76 bits per heavy atom. The Morgan fingerprint density at radius 2 is 2.05 bits per heavy atom. The van der Waals surface area contributed by atoms with Crippen molar-refractivity contribution in [2.24, 2.45) is 5.92 Å². The summed E-state index contributed by atoms with van der Waals surface area (Å²) in [6, 6.07) is 1.54. The predicted octanol–water partition coefficient (Wildman–Crippen LogP) is 4.23. The van der Waals surface area contributed by atoms with Gasteiger partial charge in [0.25, 0.3) is 0 Å². The van der Waals surface area contributed by atoms with Gasteiger partial charge in [0.1, 0.15) is 12.3 Å². The van der Waals surface area contributed by atoms with Crippen LogP contribution in [-0.4, -0.2) is 54.8 Å². The summed E-state index contributed by atoms with van der Waals surface area (Å²) in [7, 11) is 0. The van der Waals surface area contributed by atoms with Crippen LogP contribution < -0.4 is 10.6 Å². The quantitative estimate of drug-likeness (QED) is 0.394. The summed E-state index contributed by atoms with van der Waals surface area (Å²) in [5, 5.41) is 12.5. The van der Waals surface area contributed by atoms with Crippen LogP contribution >= 0.6 is 0 Å². The molecule has 15 heteroatoms. The zero-order chi connectivity index (χ0) is 25.9. The number of hydrogen-bond acceptors (Lipinski definition) is 7. The molecule has 3 heterocycles. The maximum atomic E-state index is 15.2. The van der Waals surface area contributed by atoms with Gasteiger partial charge in [0.15, 0.2) is 17.3 Å². The Morgan fingerprint density at radius 1 is 1.27 bits per heavy atom. The molecule has 4 aliphatic carbocycles. The van der Waals surface area contributed by atoms with Crippen LogP contribution in [0, 0.1) is 11.7 Å². The Labute approximate surface area is 205 Å². The summed E-state index contributed by atoms with van der Waals surface area (Å²) >= 11 is 0. The van der Waals surface area contributed by atoms with E-state index in [9.17, 15) is 22.4 Å². The number of hydrogen-bond donors (Lipinski definition) is 3. The van der Waals surface area contributed by atoms with Crippen molar-refractivity contribution in [2.45, 2.75) is 68.8 Å². The first-order valence-electron chi connectivity index (χ1n) is 11.8. The number of fused-ring (bicyclic) bond motifs is 1. The Kier molecular flexibility index (Phi) is 5.51. The molecule has 0 unspecified atom stereocenters. The number of ether oxygens (including phenoxy) is 2. The van der Waals surface area contributed by atoms with Crippen molar-refractivity contribution in [3.05, 3.63) is 35.7 Å². The molecule has 37 heavy (non-hydrogen) atoms. The van der Waals surface area contributed by atoms with Crippen LogP contribution in [-0.2, 0) is 16.1 Å². The smallest absolute Gasteiger partial charge is 0.443 e. The lowest BCUT2D eigenvalue weighted by molar-refractivity contribution is -0.330. The molecule has 1 amide bonds. The Bertz CT molecular complexity index is 1320. The van der Waals surface area contributed by atoms with Crippen LogP contribution in [0.25, 0.3) is 5.65 Å². The van der Waals surface area contributed by atoms with Crippen LogP contribution in [0.4, 0.5) is 38.5 Å². The number of carbonyl (C=O) groups excluding carboxylic acids is 1. The van der Waals surface area contributed by atoms with Gasteiger partial charge in [-0.25, -0.2) is 23.5 Å². The molecule has 4 fully saturated rings. The highest BCUT2D eigenvalue weighted by molar-refractivity contribution is 5.69. The molecule has 0 aliphatic heterocycles. The number of nitrogens with zero attached hydrogens (tertiary/aromatic N) is 4. The minimum Gasteiger partial charge on any atom is -0.443 e. The molecule has 10 nitrogen and oxygen atoms in total. The zero-order valence-electron chi connectivity index (χ0n) is 19.2. The van der Waals surface area contributed by atoms with Crippen LogP contribution in [0.2, 0.25) is 0 Å². The molecule has 3 aromatic heterocycles. The van der Waals surface area contributed by atoms with Crippen LogP contribution in [0.3, 0.4) is 0 Å². The molecule has 4 aliphatic rings. The maximum absolute atomic E-state index is 15.2. The highest BCUT2D eigenvalue weighted by atomic mass is 19.4. The fourth-order valence-electron chi connectivity index (χ4n) is 5.41. The van der Waals surface area contributed by atoms with Gasteiger partial charge in [-0.15, -0.1) is 13.2 Å². The fraction of sp³-hybridized carbons (Fsp3) is 0.545. The molecule has 0 aromatic carbocycles. The first-order chi connectivity index (χ1) is 17.6. The van der Waals surface area contributed by atoms with Gasteiger partial charge in [0.05, 0.1) is 18.5 Å².